The second-order valence-electron chi connectivity index (χ2n) is 6.51. The maximum atomic E-state index is 11.9. The number of hydrogen-bond donors (Lipinski definition) is 1. The predicted octanol–water partition coefficient (Wildman–Crippen LogP) is 3.55. The van der Waals surface area contributed by atoms with Gasteiger partial charge in [-0.2, -0.15) is 0 Å². The van der Waals surface area contributed by atoms with Crippen LogP contribution in [0, 0.1) is 0 Å². The highest BCUT2D eigenvalue weighted by atomic mass is 32.2. The van der Waals surface area contributed by atoms with Crippen LogP contribution in [-0.2, 0) is 24.1 Å². The van der Waals surface area contributed by atoms with E-state index in [9.17, 15) is 9.59 Å². The number of rotatable bonds is 7. The van der Waals surface area contributed by atoms with Gasteiger partial charge >= 0.3 is 0 Å². The Bertz CT molecular complexity index is 790. The lowest BCUT2D eigenvalue weighted by atomic mass is 9.99. The van der Waals surface area contributed by atoms with Crippen LogP contribution >= 0.6 is 11.8 Å². The summed E-state index contributed by atoms with van der Waals surface area (Å²) in [5.41, 5.74) is 3.24. The lowest BCUT2D eigenvalue weighted by molar-refractivity contribution is -0.121. The molecule has 2 heterocycles. The Morgan fingerprint density at radius 2 is 1.85 bits per heavy atom. The molecule has 1 saturated heterocycles. The molecule has 1 atom stereocenters. The van der Waals surface area contributed by atoms with Crippen LogP contribution in [0.1, 0.15) is 30.7 Å². The molecular weight excluding hydrogens is 348 g/mol. The summed E-state index contributed by atoms with van der Waals surface area (Å²) in [4.78, 5) is 27.7. The van der Waals surface area contributed by atoms with Crippen LogP contribution in [0.2, 0.25) is 0 Å². The average Bonchev–Trinajstić information content (AvgIpc) is 2.88. The molecule has 0 bridgehead atoms. The molecule has 1 aromatic heterocycles. The number of carbonyl (C=O) groups is 2. The smallest absolute Gasteiger partial charge is 0.286 e. The number of pyridine rings is 1. The fourth-order valence-corrected chi connectivity index (χ4v) is 3.75. The van der Waals surface area contributed by atoms with Crippen molar-refractivity contribution in [3.05, 3.63) is 59.4 Å². The summed E-state index contributed by atoms with van der Waals surface area (Å²) in [7, 11) is 0. The highest BCUT2D eigenvalue weighted by molar-refractivity contribution is 8.16. The summed E-state index contributed by atoms with van der Waals surface area (Å²) in [6, 6.07) is 11.8. The maximum Gasteiger partial charge on any atom is 0.286 e. The number of carbonyl (C=O) groups excluding carboxylic acids is 2. The van der Waals surface area contributed by atoms with Gasteiger partial charge in [0.1, 0.15) is 10.5 Å². The molecule has 136 valence electrons. The van der Waals surface area contributed by atoms with Gasteiger partial charge in [0.15, 0.2) is 0 Å². The first-order chi connectivity index (χ1) is 12.5. The van der Waals surface area contributed by atoms with Gasteiger partial charge < -0.3 is 4.74 Å². The number of nitrogens with zero attached hydrogens (tertiary/aromatic N) is 1. The van der Waals surface area contributed by atoms with E-state index in [1.807, 2.05) is 36.5 Å². The molecule has 1 N–H and O–H groups in total. The van der Waals surface area contributed by atoms with Gasteiger partial charge in [-0.25, -0.2) is 0 Å². The lowest BCUT2D eigenvalue weighted by Gasteiger charge is -2.18. The number of aryl methyl sites for hydroxylation is 1. The van der Waals surface area contributed by atoms with Gasteiger partial charge in [0.05, 0.1) is 6.61 Å². The number of amides is 2. The molecule has 0 radical (unpaired) electrons. The summed E-state index contributed by atoms with van der Waals surface area (Å²) < 4.78 is 5.05. The number of thioether (sulfide) groups is 1. The van der Waals surface area contributed by atoms with E-state index in [4.69, 9.17) is 4.74 Å². The Balaban J connectivity index is 1.51. The molecule has 1 unspecified atom stereocenters. The average molecular weight is 370 g/mol. The van der Waals surface area contributed by atoms with E-state index in [0.717, 1.165) is 47.2 Å². The van der Waals surface area contributed by atoms with E-state index in [-0.39, 0.29) is 11.1 Å². The monoisotopic (exact) mass is 370 g/mol. The predicted molar refractivity (Wildman–Crippen MR) is 102 cm³/mol. The first kappa shape index (κ1) is 18.5. The number of aromatic nitrogens is 1. The molecule has 0 saturated carbocycles. The molecule has 0 aliphatic carbocycles. The number of ether oxygens (including phenoxy) is 1. The van der Waals surface area contributed by atoms with E-state index in [1.54, 1.807) is 6.92 Å². The minimum atomic E-state index is -0.739. The zero-order valence-electron chi connectivity index (χ0n) is 15.0. The molecule has 1 fully saturated rings. The molecule has 2 aromatic rings. The summed E-state index contributed by atoms with van der Waals surface area (Å²) in [6.07, 6.45) is 4.15. The SMILES string of the molecule is CCc1ccc(CCOc2ccc(CC3(C)SC(=O)NC3=O)cc2)cn1. The highest BCUT2D eigenvalue weighted by Gasteiger charge is 2.43. The van der Waals surface area contributed by atoms with Crippen molar-refractivity contribution in [1.29, 1.82) is 0 Å². The molecule has 1 aliphatic rings. The molecular formula is C20H22N2O3S. The van der Waals surface area contributed by atoms with Gasteiger partial charge in [0.25, 0.3) is 5.24 Å². The van der Waals surface area contributed by atoms with Gasteiger partial charge in [0, 0.05) is 18.3 Å². The lowest BCUT2D eigenvalue weighted by Crippen LogP contribution is -2.35. The van der Waals surface area contributed by atoms with Crippen molar-refractivity contribution >= 4 is 22.9 Å². The van der Waals surface area contributed by atoms with Crippen molar-refractivity contribution in [1.82, 2.24) is 10.3 Å². The second kappa shape index (κ2) is 7.91. The number of benzene rings is 1. The summed E-state index contributed by atoms with van der Waals surface area (Å²) in [6.45, 7) is 4.46. The largest absolute Gasteiger partial charge is 0.493 e. The topological polar surface area (TPSA) is 68.3 Å². The molecule has 26 heavy (non-hydrogen) atoms. The molecule has 1 aliphatic heterocycles. The van der Waals surface area contributed by atoms with E-state index in [0.29, 0.717) is 13.0 Å². The van der Waals surface area contributed by atoms with E-state index >= 15 is 0 Å². The normalized spacial score (nSPS) is 19.5. The van der Waals surface area contributed by atoms with Crippen LogP contribution in [-0.4, -0.2) is 27.5 Å². The van der Waals surface area contributed by atoms with Crippen LogP contribution in [0.4, 0.5) is 4.79 Å². The summed E-state index contributed by atoms with van der Waals surface area (Å²) >= 11 is 1.05. The molecule has 0 spiro atoms. The fourth-order valence-electron chi connectivity index (χ4n) is 2.81. The van der Waals surface area contributed by atoms with Crippen molar-refractivity contribution in [2.45, 2.75) is 37.9 Å². The van der Waals surface area contributed by atoms with Crippen molar-refractivity contribution < 1.29 is 14.3 Å². The van der Waals surface area contributed by atoms with Gasteiger partial charge in [-0.15, -0.1) is 0 Å². The summed E-state index contributed by atoms with van der Waals surface area (Å²) in [5, 5.41) is 2.07. The Labute approximate surface area is 157 Å². The Hall–Kier alpha value is -2.34. The maximum absolute atomic E-state index is 11.9. The zero-order valence-corrected chi connectivity index (χ0v) is 15.8. The number of imide groups is 1. The Morgan fingerprint density at radius 1 is 1.12 bits per heavy atom. The van der Waals surface area contributed by atoms with E-state index in [1.165, 1.54) is 0 Å². The van der Waals surface area contributed by atoms with Gasteiger partial charge in [-0.3, -0.25) is 19.9 Å². The quantitative estimate of drug-likeness (QED) is 0.807. The first-order valence-electron chi connectivity index (χ1n) is 8.68. The first-order valence-corrected chi connectivity index (χ1v) is 9.50. The van der Waals surface area contributed by atoms with Gasteiger partial charge in [-0.05, 0) is 60.9 Å². The minimum Gasteiger partial charge on any atom is -0.493 e. The molecule has 5 nitrogen and oxygen atoms in total. The van der Waals surface area contributed by atoms with Crippen LogP contribution in [0.3, 0.4) is 0 Å². The van der Waals surface area contributed by atoms with Crippen LogP contribution in [0.15, 0.2) is 42.6 Å². The van der Waals surface area contributed by atoms with Gasteiger partial charge in [0.2, 0.25) is 5.91 Å². The van der Waals surface area contributed by atoms with E-state index < -0.39 is 4.75 Å². The van der Waals surface area contributed by atoms with Gasteiger partial charge in [-0.1, -0.05) is 25.1 Å². The van der Waals surface area contributed by atoms with Crippen molar-refractivity contribution in [2.24, 2.45) is 0 Å². The van der Waals surface area contributed by atoms with Crippen molar-refractivity contribution in [3.63, 3.8) is 0 Å². The Morgan fingerprint density at radius 3 is 2.42 bits per heavy atom. The molecule has 2 amide bonds. The van der Waals surface area contributed by atoms with E-state index in [2.05, 4.69) is 23.3 Å². The second-order valence-corrected chi connectivity index (χ2v) is 7.98. The third-order valence-corrected chi connectivity index (χ3v) is 5.45. The number of nitrogens with one attached hydrogen (secondary N) is 1. The highest BCUT2D eigenvalue weighted by Crippen LogP contribution is 2.34. The van der Waals surface area contributed by atoms with Crippen LogP contribution < -0.4 is 10.1 Å². The zero-order chi connectivity index (χ0) is 18.6. The Kier molecular flexibility index (Phi) is 5.61. The fraction of sp³-hybridized carbons (Fsp3) is 0.350. The summed E-state index contributed by atoms with van der Waals surface area (Å²) in [5.74, 6) is 0.562. The molecule has 6 heteroatoms. The minimum absolute atomic E-state index is 0.226. The third-order valence-electron chi connectivity index (χ3n) is 4.39. The molecule has 1 aromatic carbocycles. The van der Waals surface area contributed by atoms with Crippen LogP contribution in [0.25, 0.3) is 0 Å². The molecule has 3 rings (SSSR count). The standard InChI is InChI=1S/C20H22N2O3S/c1-3-16-7-4-15(13-21-16)10-11-25-17-8-5-14(6-9-17)12-20(2)18(23)22-19(24)26-20/h4-9,13H,3,10-12H2,1-2H3,(H,22,23,24). The van der Waals surface area contributed by atoms with Crippen molar-refractivity contribution in [3.8, 4) is 5.75 Å². The van der Waals surface area contributed by atoms with Crippen LogP contribution in [0.5, 0.6) is 5.75 Å². The van der Waals surface area contributed by atoms with Crippen molar-refractivity contribution in [2.75, 3.05) is 6.61 Å². The third kappa shape index (κ3) is 4.43. The number of hydrogen-bond acceptors (Lipinski definition) is 5.